The minimum atomic E-state index is 0.280. The molecule has 5 heteroatoms. The molecule has 0 spiro atoms. The van der Waals surface area contributed by atoms with Crippen LogP contribution in [0.3, 0.4) is 0 Å². The van der Waals surface area contributed by atoms with Crippen molar-refractivity contribution in [1.29, 1.82) is 0 Å². The molecular weight excluding hydrogens is 258 g/mol. The van der Waals surface area contributed by atoms with Crippen molar-refractivity contribution in [3.63, 3.8) is 0 Å². The predicted octanol–water partition coefficient (Wildman–Crippen LogP) is 2.08. The number of phenolic OH excluding ortho intramolecular Hbond substituents is 1. The van der Waals surface area contributed by atoms with Gasteiger partial charge < -0.3 is 16.2 Å². The van der Waals surface area contributed by atoms with E-state index in [2.05, 4.69) is 10.3 Å². The van der Waals surface area contributed by atoms with Crippen LogP contribution in [0.5, 0.6) is 5.75 Å². The molecule has 0 saturated carbocycles. The molecule has 2 rings (SSSR count). The second-order valence-electron chi connectivity index (χ2n) is 4.14. The fraction of sp³-hybridized carbons (Fsp3) is 0.143. The Morgan fingerprint density at radius 3 is 2.68 bits per heavy atom. The van der Waals surface area contributed by atoms with Gasteiger partial charge in [0.05, 0.1) is 0 Å². The van der Waals surface area contributed by atoms with Crippen molar-refractivity contribution >= 4 is 23.0 Å². The summed E-state index contributed by atoms with van der Waals surface area (Å²) in [6, 6.07) is 10.8. The number of nitrogens with zero attached hydrogens (tertiary/aromatic N) is 1. The monoisotopic (exact) mass is 273 g/mol. The van der Waals surface area contributed by atoms with E-state index in [0.717, 1.165) is 29.9 Å². The molecule has 2 aromatic rings. The van der Waals surface area contributed by atoms with E-state index in [4.69, 9.17) is 18.0 Å². The van der Waals surface area contributed by atoms with Gasteiger partial charge in [0.15, 0.2) is 0 Å². The molecule has 1 heterocycles. The van der Waals surface area contributed by atoms with Crippen molar-refractivity contribution in [2.75, 3.05) is 11.9 Å². The van der Waals surface area contributed by atoms with Crippen molar-refractivity contribution in [1.82, 2.24) is 4.98 Å². The molecule has 0 unspecified atom stereocenters. The summed E-state index contributed by atoms with van der Waals surface area (Å²) in [5, 5.41) is 12.4. The Balaban J connectivity index is 1.90. The molecule has 0 aliphatic carbocycles. The molecule has 1 aromatic heterocycles. The topological polar surface area (TPSA) is 71.2 Å². The summed E-state index contributed by atoms with van der Waals surface area (Å²) in [4.78, 5) is 4.57. The number of hydrogen-bond acceptors (Lipinski definition) is 4. The van der Waals surface area contributed by atoms with Gasteiger partial charge in [0.2, 0.25) is 0 Å². The molecule has 1 aromatic carbocycles. The van der Waals surface area contributed by atoms with E-state index in [9.17, 15) is 5.11 Å². The average molecular weight is 273 g/mol. The number of rotatable bonds is 5. The normalized spacial score (nSPS) is 10.1. The standard InChI is InChI=1S/C14H15N3OS/c15-14(19)11-6-8-17-13(9-11)16-7-5-10-1-3-12(18)4-2-10/h1-4,6,8-9,18H,5,7H2,(H2,15,19)(H,16,17). The van der Waals surface area contributed by atoms with E-state index in [1.807, 2.05) is 18.2 Å². The molecule has 0 amide bonds. The maximum absolute atomic E-state index is 9.19. The van der Waals surface area contributed by atoms with Gasteiger partial charge in [0.25, 0.3) is 0 Å². The zero-order valence-electron chi connectivity index (χ0n) is 10.3. The van der Waals surface area contributed by atoms with Gasteiger partial charge >= 0.3 is 0 Å². The lowest BCUT2D eigenvalue weighted by Crippen LogP contribution is -2.11. The first-order valence-electron chi connectivity index (χ1n) is 5.93. The SMILES string of the molecule is NC(=S)c1ccnc(NCCc2ccc(O)cc2)c1. The highest BCUT2D eigenvalue weighted by Crippen LogP contribution is 2.11. The molecule has 4 N–H and O–H groups in total. The summed E-state index contributed by atoms with van der Waals surface area (Å²) in [6.45, 7) is 0.749. The molecule has 0 bridgehead atoms. The minimum Gasteiger partial charge on any atom is -0.508 e. The van der Waals surface area contributed by atoms with Crippen LogP contribution < -0.4 is 11.1 Å². The second kappa shape index (κ2) is 6.15. The van der Waals surface area contributed by atoms with Crippen molar-refractivity contribution in [3.8, 4) is 5.75 Å². The number of hydrogen-bond donors (Lipinski definition) is 3. The third-order valence-corrected chi connectivity index (χ3v) is 2.94. The van der Waals surface area contributed by atoms with E-state index in [0.29, 0.717) is 4.99 Å². The molecule has 19 heavy (non-hydrogen) atoms. The minimum absolute atomic E-state index is 0.280. The number of aromatic nitrogens is 1. The highest BCUT2D eigenvalue weighted by molar-refractivity contribution is 7.80. The molecule has 0 fully saturated rings. The molecule has 0 atom stereocenters. The number of nitrogens with one attached hydrogen (secondary N) is 1. The molecule has 0 aliphatic heterocycles. The number of anilines is 1. The van der Waals surface area contributed by atoms with Crippen LogP contribution in [-0.4, -0.2) is 21.6 Å². The third kappa shape index (κ3) is 3.93. The van der Waals surface area contributed by atoms with Gasteiger partial charge in [0, 0.05) is 18.3 Å². The van der Waals surface area contributed by atoms with Crippen LogP contribution in [0.1, 0.15) is 11.1 Å². The third-order valence-electron chi connectivity index (χ3n) is 2.70. The van der Waals surface area contributed by atoms with Gasteiger partial charge in [0.1, 0.15) is 16.6 Å². The van der Waals surface area contributed by atoms with Crippen LogP contribution in [0.4, 0.5) is 5.82 Å². The molecule has 0 aliphatic rings. The van der Waals surface area contributed by atoms with Crippen molar-refractivity contribution in [2.45, 2.75) is 6.42 Å². The van der Waals surface area contributed by atoms with Crippen LogP contribution in [-0.2, 0) is 6.42 Å². The quantitative estimate of drug-likeness (QED) is 0.728. The molecule has 4 nitrogen and oxygen atoms in total. The van der Waals surface area contributed by atoms with Gasteiger partial charge in [-0.3, -0.25) is 0 Å². The van der Waals surface area contributed by atoms with Gasteiger partial charge in [-0.25, -0.2) is 4.98 Å². The molecular formula is C14H15N3OS. The Kier molecular flexibility index (Phi) is 4.30. The number of phenols is 1. The number of benzene rings is 1. The zero-order valence-corrected chi connectivity index (χ0v) is 11.2. The highest BCUT2D eigenvalue weighted by Gasteiger charge is 1.99. The zero-order chi connectivity index (χ0) is 13.7. The van der Waals surface area contributed by atoms with Crippen LogP contribution >= 0.6 is 12.2 Å². The van der Waals surface area contributed by atoms with Crippen molar-refractivity contribution in [2.24, 2.45) is 5.73 Å². The second-order valence-corrected chi connectivity index (χ2v) is 4.58. The maximum Gasteiger partial charge on any atom is 0.126 e. The first kappa shape index (κ1) is 13.3. The lowest BCUT2D eigenvalue weighted by molar-refractivity contribution is 0.475. The van der Waals surface area contributed by atoms with Crippen molar-refractivity contribution < 1.29 is 5.11 Å². The largest absolute Gasteiger partial charge is 0.508 e. The van der Waals surface area contributed by atoms with Gasteiger partial charge in [-0.15, -0.1) is 0 Å². The fourth-order valence-corrected chi connectivity index (χ4v) is 1.80. The van der Waals surface area contributed by atoms with Gasteiger partial charge in [-0.2, -0.15) is 0 Å². The van der Waals surface area contributed by atoms with E-state index in [1.54, 1.807) is 24.4 Å². The summed E-state index contributed by atoms with van der Waals surface area (Å²) in [6.07, 6.45) is 2.52. The van der Waals surface area contributed by atoms with Gasteiger partial charge in [-0.05, 0) is 36.2 Å². The number of pyridine rings is 1. The van der Waals surface area contributed by atoms with E-state index >= 15 is 0 Å². The summed E-state index contributed by atoms with van der Waals surface area (Å²) in [5.74, 6) is 1.03. The fourth-order valence-electron chi connectivity index (χ4n) is 1.68. The van der Waals surface area contributed by atoms with Crippen molar-refractivity contribution in [3.05, 3.63) is 53.7 Å². The number of nitrogens with two attached hydrogens (primary N) is 1. The predicted molar refractivity (Wildman–Crippen MR) is 80.4 cm³/mol. The first-order valence-corrected chi connectivity index (χ1v) is 6.33. The van der Waals surface area contributed by atoms with Crippen LogP contribution in [0.2, 0.25) is 0 Å². The van der Waals surface area contributed by atoms with E-state index in [-0.39, 0.29) is 5.75 Å². The Hall–Kier alpha value is -2.14. The summed E-state index contributed by atoms with van der Waals surface area (Å²) >= 11 is 4.92. The maximum atomic E-state index is 9.19. The molecule has 0 radical (unpaired) electrons. The lowest BCUT2D eigenvalue weighted by atomic mass is 10.1. The Morgan fingerprint density at radius 2 is 2.00 bits per heavy atom. The van der Waals surface area contributed by atoms with Crippen LogP contribution in [0.15, 0.2) is 42.6 Å². The van der Waals surface area contributed by atoms with E-state index in [1.165, 1.54) is 0 Å². The Labute approximate surface area is 117 Å². The smallest absolute Gasteiger partial charge is 0.126 e. The summed E-state index contributed by atoms with van der Waals surface area (Å²) in [7, 11) is 0. The number of aromatic hydroxyl groups is 1. The first-order chi connectivity index (χ1) is 9.15. The van der Waals surface area contributed by atoms with E-state index < -0.39 is 0 Å². The molecule has 0 saturated heterocycles. The summed E-state index contributed by atoms with van der Waals surface area (Å²) in [5.41, 5.74) is 7.52. The Morgan fingerprint density at radius 1 is 1.26 bits per heavy atom. The number of thiocarbonyl (C=S) groups is 1. The highest BCUT2D eigenvalue weighted by atomic mass is 32.1. The lowest BCUT2D eigenvalue weighted by Gasteiger charge is -2.07. The Bertz CT molecular complexity index is 569. The van der Waals surface area contributed by atoms with Crippen LogP contribution in [0.25, 0.3) is 0 Å². The summed E-state index contributed by atoms with van der Waals surface area (Å²) < 4.78 is 0. The van der Waals surface area contributed by atoms with Gasteiger partial charge in [-0.1, -0.05) is 24.4 Å². The van der Waals surface area contributed by atoms with Crippen LogP contribution in [0, 0.1) is 0 Å². The molecule has 98 valence electrons. The average Bonchev–Trinajstić information content (AvgIpc) is 2.41.